The average molecular weight is 454 g/mol. The maximum atomic E-state index is 11.2. The van der Waals surface area contributed by atoms with Crippen LogP contribution in [0.3, 0.4) is 0 Å². The number of aromatic nitrogens is 3. The van der Waals surface area contributed by atoms with Crippen LogP contribution in [0.1, 0.15) is 42.0 Å². The number of carboxylic acid groups (broad SMARTS) is 1. The predicted octanol–water partition coefficient (Wildman–Crippen LogP) is 4.84. The smallest absolute Gasteiger partial charge is 0.306 e. The standard InChI is InChI=1S/C24H24ClN3O4/c1-13(24(29)30)8-15-4-5-16-6-7-20(32-21(16)9-15)19-12-27-23(14(2)28-19)17-10-22(31-3)26-11-18(17)25/h4-5,9-13,20H,6-8H2,1-3H3,(H,29,30). The summed E-state index contributed by atoms with van der Waals surface area (Å²) in [5.41, 5.74) is 4.92. The maximum Gasteiger partial charge on any atom is 0.306 e. The molecule has 32 heavy (non-hydrogen) atoms. The van der Waals surface area contributed by atoms with E-state index in [9.17, 15) is 9.90 Å². The second kappa shape index (κ2) is 9.12. The SMILES string of the molecule is COc1cc(-c2ncc(C3CCc4ccc(CC(C)C(=O)O)cc4O3)nc2C)c(Cl)cn1. The number of hydrogen-bond acceptors (Lipinski definition) is 6. The minimum absolute atomic E-state index is 0.225. The highest BCUT2D eigenvalue weighted by atomic mass is 35.5. The number of rotatable bonds is 6. The van der Waals surface area contributed by atoms with Gasteiger partial charge in [0.2, 0.25) is 5.88 Å². The summed E-state index contributed by atoms with van der Waals surface area (Å²) in [4.78, 5) is 24.7. The van der Waals surface area contributed by atoms with Crippen LogP contribution in [0, 0.1) is 12.8 Å². The minimum atomic E-state index is -0.806. The number of fused-ring (bicyclic) bond motifs is 1. The maximum absolute atomic E-state index is 11.2. The van der Waals surface area contributed by atoms with Crippen LogP contribution in [0.4, 0.5) is 0 Å². The van der Waals surface area contributed by atoms with Crippen LogP contribution in [-0.4, -0.2) is 33.1 Å². The number of ether oxygens (including phenoxy) is 2. The molecular formula is C24H24ClN3O4. The molecule has 0 saturated carbocycles. The van der Waals surface area contributed by atoms with E-state index in [4.69, 9.17) is 26.1 Å². The van der Waals surface area contributed by atoms with E-state index in [2.05, 4.69) is 9.97 Å². The van der Waals surface area contributed by atoms with E-state index in [0.29, 0.717) is 28.6 Å². The fourth-order valence-electron chi connectivity index (χ4n) is 3.82. The lowest BCUT2D eigenvalue weighted by molar-refractivity contribution is -0.141. The summed E-state index contributed by atoms with van der Waals surface area (Å²) in [6.07, 6.45) is 5.13. The molecule has 2 atom stereocenters. The van der Waals surface area contributed by atoms with Gasteiger partial charge in [0.25, 0.3) is 0 Å². The Morgan fingerprint density at radius 3 is 2.84 bits per heavy atom. The fraction of sp³-hybridized carbons (Fsp3) is 0.333. The van der Waals surface area contributed by atoms with Gasteiger partial charge in [-0.05, 0) is 43.4 Å². The monoisotopic (exact) mass is 453 g/mol. The lowest BCUT2D eigenvalue weighted by Crippen LogP contribution is -2.18. The Labute approximate surface area is 191 Å². The highest BCUT2D eigenvalue weighted by Crippen LogP contribution is 2.36. The summed E-state index contributed by atoms with van der Waals surface area (Å²) in [6, 6.07) is 7.69. The predicted molar refractivity (Wildman–Crippen MR) is 120 cm³/mol. The first-order valence-electron chi connectivity index (χ1n) is 10.4. The Hall–Kier alpha value is -3.19. The molecule has 1 aliphatic rings. The Bertz CT molecular complexity index is 1170. The number of pyridine rings is 1. The molecular weight excluding hydrogens is 430 g/mol. The summed E-state index contributed by atoms with van der Waals surface area (Å²) in [7, 11) is 1.55. The van der Waals surface area contributed by atoms with Crippen molar-refractivity contribution in [3.05, 3.63) is 64.2 Å². The Morgan fingerprint density at radius 1 is 1.31 bits per heavy atom. The van der Waals surface area contributed by atoms with Gasteiger partial charge in [-0.25, -0.2) is 4.98 Å². The quantitative estimate of drug-likeness (QED) is 0.570. The summed E-state index contributed by atoms with van der Waals surface area (Å²) in [5.74, 6) is -0.0249. The summed E-state index contributed by atoms with van der Waals surface area (Å²) >= 11 is 6.33. The molecule has 4 rings (SSSR count). The minimum Gasteiger partial charge on any atom is -0.484 e. The molecule has 0 radical (unpaired) electrons. The second-order valence-electron chi connectivity index (χ2n) is 7.97. The van der Waals surface area contributed by atoms with Gasteiger partial charge in [-0.1, -0.05) is 30.7 Å². The van der Waals surface area contributed by atoms with Crippen LogP contribution in [0.25, 0.3) is 11.3 Å². The molecule has 166 valence electrons. The first-order chi connectivity index (χ1) is 15.4. The van der Waals surface area contributed by atoms with Gasteiger partial charge in [0.15, 0.2) is 0 Å². The number of carbonyl (C=O) groups is 1. The Kier molecular flexibility index (Phi) is 6.28. The van der Waals surface area contributed by atoms with E-state index in [0.717, 1.165) is 41.1 Å². The third-order valence-corrected chi connectivity index (χ3v) is 5.93. The molecule has 7 nitrogen and oxygen atoms in total. The molecule has 0 aliphatic carbocycles. The van der Waals surface area contributed by atoms with Gasteiger partial charge in [0.1, 0.15) is 11.9 Å². The third-order valence-electron chi connectivity index (χ3n) is 5.63. The zero-order valence-electron chi connectivity index (χ0n) is 18.1. The number of carboxylic acids is 1. The van der Waals surface area contributed by atoms with Crippen molar-refractivity contribution < 1.29 is 19.4 Å². The number of aliphatic carboxylic acids is 1. The zero-order valence-corrected chi connectivity index (χ0v) is 18.9. The van der Waals surface area contributed by atoms with E-state index < -0.39 is 11.9 Å². The second-order valence-corrected chi connectivity index (χ2v) is 8.37. The third kappa shape index (κ3) is 4.53. The van der Waals surface area contributed by atoms with Gasteiger partial charge in [0, 0.05) is 11.6 Å². The van der Waals surface area contributed by atoms with E-state index >= 15 is 0 Å². The molecule has 2 unspecified atom stereocenters. The van der Waals surface area contributed by atoms with E-state index in [1.807, 2.05) is 25.1 Å². The number of methoxy groups -OCH3 is 1. The van der Waals surface area contributed by atoms with Crippen LogP contribution in [0.15, 0.2) is 36.7 Å². The molecule has 1 aromatic carbocycles. The van der Waals surface area contributed by atoms with Gasteiger partial charge in [-0.15, -0.1) is 0 Å². The molecule has 3 heterocycles. The molecule has 0 bridgehead atoms. The number of halogens is 1. The van der Waals surface area contributed by atoms with Crippen molar-refractivity contribution in [1.82, 2.24) is 15.0 Å². The first-order valence-corrected chi connectivity index (χ1v) is 10.8. The van der Waals surface area contributed by atoms with Gasteiger partial charge < -0.3 is 14.6 Å². The zero-order chi connectivity index (χ0) is 22.8. The van der Waals surface area contributed by atoms with Crippen molar-refractivity contribution in [1.29, 1.82) is 0 Å². The van der Waals surface area contributed by atoms with Gasteiger partial charge in [-0.2, -0.15) is 0 Å². The van der Waals surface area contributed by atoms with Gasteiger partial charge in [0.05, 0.1) is 47.5 Å². The van der Waals surface area contributed by atoms with Crippen LogP contribution >= 0.6 is 11.6 Å². The van der Waals surface area contributed by atoms with Crippen molar-refractivity contribution in [3.63, 3.8) is 0 Å². The van der Waals surface area contributed by atoms with E-state index in [1.165, 1.54) is 6.20 Å². The first kappa shape index (κ1) is 22.0. The van der Waals surface area contributed by atoms with Gasteiger partial charge in [-0.3, -0.25) is 14.8 Å². The molecule has 0 amide bonds. The molecule has 0 spiro atoms. The Balaban J connectivity index is 1.57. The van der Waals surface area contributed by atoms with E-state index in [-0.39, 0.29) is 6.10 Å². The van der Waals surface area contributed by atoms with Crippen molar-refractivity contribution in [2.24, 2.45) is 5.92 Å². The normalized spacial score (nSPS) is 16.1. The number of benzene rings is 1. The molecule has 1 N–H and O–H groups in total. The number of nitrogens with zero attached hydrogens (tertiary/aromatic N) is 3. The molecule has 3 aromatic rings. The van der Waals surface area contributed by atoms with E-state index in [1.54, 1.807) is 26.3 Å². The lowest BCUT2D eigenvalue weighted by atomic mass is 9.95. The van der Waals surface area contributed by atoms with Crippen molar-refractivity contribution in [3.8, 4) is 22.9 Å². The van der Waals surface area contributed by atoms with Crippen molar-refractivity contribution in [2.45, 2.75) is 39.2 Å². The fourth-order valence-corrected chi connectivity index (χ4v) is 4.01. The van der Waals surface area contributed by atoms with Crippen LogP contribution in [-0.2, 0) is 17.6 Å². The lowest BCUT2D eigenvalue weighted by Gasteiger charge is -2.26. The molecule has 8 heteroatoms. The Morgan fingerprint density at radius 2 is 2.12 bits per heavy atom. The molecule has 0 saturated heterocycles. The topological polar surface area (TPSA) is 94.4 Å². The number of hydrogen-bond donors (Lipinski definition) is 1. The van der Waals surface area contributed by atoms with Crippen LogP contribution in [0.2, 0.25) is 5.02 Å². The summed E-state index contributed by atoms with van der Waals surface area (Å²) in [5, 5.41) is 9.66. The van der Waals surface area contributed by atoms with Crippen molar-refractivity contribution >= 4 is 17.6 Å². The number of aryl methyl sites for hydroxylation is 2. The van der Waals surface area contributed by atoms with Crippen LogP contribution in [0.5, 0.6) is 11.6 Å². The summed E-state index contributed by atoms with van der Waals surface area (Å²) < 4.78 is 11.5. The highest BCUT2D eigenvalue weighted by molar-refractivity contribution is 6.33. The largest absolute Gasteiger partial charge is 0.484 e. The van der Waals surface area contributed by atoms with Crippen LogP contribution < -0.4 is 9.47 Å². The van der Waals surface area contributed by atoms with Gasteiger partial charge >= 0.3 is 5.97 Å². The summed E-state index contributed by atoms with van der Waals surface area (Å²) in [6.45, 7) is 3.59. The van der Waals surface area contributed by atoms with Crippen molar-refractivity contribution in [2.75, 3.05) is 7.11 Å². The average Bonchev–Trinajstić information content (AvgIpc) is 2.79. The molecule has 0 fully saturated rings. The highest BCUT2D eigenvalue weighted by Gasteiger charge is 2.25. The molecule has 1 aliphatic heterocycles. The molecule has 2 aromatic heterocycles.